The van der Waals surface area contributed by atoms with Crippen molar-refractivity contribution in [3.63, 3.8) is 0 Å². The van der Waals surface area contributed by atoms with Gasteiger partial charge in [0.15, 0.2) is 0 Å². The van der Waals surface area contributed by atoms with Crippen LogP contribution in [0.25, 0.3) is 0 Å². The summed E-state index contributed by atoms with van der Waals surface area (Å²) in [6.45, 7) is 0. The van der Waals surface area contributed by atoms with E-state index in [1.54, 1.807) is 19.2 Å². The Morgan fingerprint density at radius 3 is 2.67 bits per heavy atom. The average molecular weight is 373 g/mol. The third kappa shape index (κ3) is 3.96. The lowest BCUT2D eigenvalue weighted by atomic mass is 9.98. The molecule has 0 aromatic heterocycles. The van der Waals surface area contributed by atoms with Crippen molar-refractivity contribution in [2.75, 3.05) is 14.2 Å². The monoisotopic (exact) mass is 371 g/mol. The van der Waals surface area contributed by atoms with E-state index >= 15 is 0 Å². The summed E-state index contributed by atoms with van der Waals surface area (Å²) in [6.07, 6.45) is 0.649. The van der Waals surface area contributed by atoms with E-state index in [1.807, 2.05) is 25.2 Å². The van der Waals surface area contributed by atoms with Gasteiger partial charge in [0.25, 0.3) is 0 Å². The van der Waals surface area contributed by atoms with Gasteiger partial charge in [0.05, 0.1) is 11.6 Å². The molecule has 0 heterocycles. The van der Waals surface area contributed by atoms with Gasteiger partial charge in [-0.25, -0.2) is 4.39 Å². The van der Waals surface area contributed by atoms with Crippen LogP contribution in [0.1, 0.15) is 17.2 Å². The van der Waals surface area contributed by atoms with Gasteiger partial charge in [-0.2, -0.15) is 0 Å². The van der Waals surface area contributed by atoms with E-state index in [9.17, 15) is 4.39 Å². The summed E-state index contributed by atoms with van der Waals surface area (Å²) in [7, 11) is 3.43. The molecule has 1 unspecified atom stereocenters. The number of benzene rings is 2. The van der Waals surface area contributed by atoms with Gasteiger partial charge < -0.3 is 10.1 Å². The van der Waals surface area contributed by atoms with Crippen LogP contribution in [0.15, 0.2) is 40.9 Å². The highest BCUT2D eigenvalue weighted by molar-refractivity contribution is 9.10. The molecule has 0 fully saturated rings. The Morgan fingerprint density at radius 1 is 1.29 bits per heavy atom. The van der Waals surface area contributed by atoms with Gasteiger partial charge in [-0.15, -0.1) is 0 Å². The highest BCUT2D eigenvalue weighted by Gasteiger charge is 2.16. The molecule has 2 nitrogen and oxygen atoms in total. The van der Waals surface area contributed by atoms with Crippen LogP contribution in [-0.2, 0) is 6.42 Å². The van der Waals surface area contributed by atoms with E-state index in [2.05, 4.69) is 21.2 Å². The maximum atomic E-state index is 14.0. The molecule has 0 radical (unpaired) electrons. The minimum absolute atomic E-state index is 0.149. The molecule has 2 rings (SSSR count). The molecule has 0 amide bonds. The van der Waals surface area contributed by atoms with Crippen molar-refractivity contribution in [2.24, 2.45) is 0 Å². The number of rotatable bonds is 5. The number of methoxy groups -OCH3 is 1. The number of nitrogens with one attached hydrogen (secondary N) is 1. The van der Waals surface area contributed by atoms with Gasteiger partial charge in [-0.05, 0) is 65.3 Å². The highest BCUT2D eigenvalue weighted by atomic mass is 79.9. The fourth-order valence-electron chi connectivity index (χ4n) is 2.22. The molecule has 2 aromatic carbocycles. The largest absolute Gasteiger partial charge is 0.496 e. The van der Waals surface area contributed by atoms with Crippen molar-refractivity contribution >= 4 is 27.5 Å². The van der Waals surface area contributed by atoms with Crippen molar-refractivity contribution < 1.29 is 9.13 Å². The lowest BCUT2D eigenvalue weighted by Gasteiger charge is -2.18. The summed E-state index contributed by atoms with van der Waals surface area (Å²) < 4.78 is 20.1. The van der Waals surface area contributed by atoms with E-state index in [1.165, 1.54) is 6.07 Å². The minimum Gasteiger partial charge on any atom is -0.496 e. The summed E-state index contributed by atoms with van der Waals surface area (Å²) >= 11 is 9.43. The Balaban J connectivity index is 2.26. The Kier molecular flexibility index (Phi) is 5.62. The molecule has 5 heteroatoms. The summed E-state index contributed by atoms with van der Waals surface area (Å²) in [5.74, 6) is 0.514. The van der Waals surface area contributed by atoms with Crippen LogP contribution in [-0.4, -0.2) is 14.2 Å². The first-order chi connectivity index (χ1) is 10.0. The second-order valence-corrected chi connectivity index (χ2v) is 5.97. The predicted molar refractivity (Wildman–Crippen MR) is 87.6 cm³/mol. The van der Waals surface area contributed by atoms with Crippen molar-refractivity contribution in [1.82, 2.24) is 5.32 Å². The van der Waals surface area contributed by atoms with Gasteiger partial charge in [0, 0.05) is 16.6 Å². The summed E-state index contributed by atoms with van der Waals surface area (Å²) in [6, 6.07) is 10.3. The molecule has 21 heavy (non-hydrogen) atoms. The number of likely N-dealkylation sites (N-methyl/N-ethyl adjacent to an activating group) is 1. The van der Waals surface area contributed by atoms with Gasteiger partial charge in [0.2, 0.25) is 0 Å². The Bertz CT molecular complexity index is 636. The SMILES string of the molecule is CNC(Cc1ccc(OC)c(Br)c1)c1cc(Cl)ccc1F. The van der Waals surface area contributed by atoms with E-state index in [-0.39, 0.29) is 11.9 Å². The highest BCUT2D eigenvalue weighted by Crippen LogP contribution is 2.29. The van der Waals surface area contributed by atoms with Crippen molar-refractivity contribution in [3.05, 3.63) is 62.8 Å². The summed E-state index contributed by atoms with van der Waals surface area (Å²) in [4.78, 5) is 0. The van der Waals surface area contributed by atoms with Crippen molar-refractivity contribution in [1.29, 1.82) is 0 Å². The lowest BCUT2D eigenvalue weighted by molar-refractivity contribution is 0.412. The van der Waals surface area contributed by atoms with Crippen LogP contribution in [0.5, 0.6) is 5.75 Å². The quantitative estimate of drug-likeness (QED) is 0.817. The normalized spacial score (nSPS) is 12.2. The standard InChI is InChI=1S/C16H16BrClFNO/c1-20-15(12-9-11(18)4-5-14(12)19)8-10-3-6-16(21-2)13(17)7-10/h3-7,9,15,20H,8H2,1-2H3. The van der Waals surface area contributed by atoms with Gasteiger partial charge in [-0.3, -0.25) is 0 Å². The first-order valence-corrected chi connectivity index (χ1v) is 7.67. The number of ether oxygens (including phenoxy) is 1. The summed E-state index contributed by atoms with van der Waals surface area (Å²) in [5, 5.41) is 3.67. The Hall–Kier alpha value is -1.10. The van der Waals surface area contributed by atoms with Gasteiger partial charge in [0.1, 0.15) is 11.6 Å². The molecule has 0 aliphatic rings. The molecule has 1 atom stereocenters. The second-order valence-electron chi connectivity index (χ2n) is 4.68. The molecule has 0 aliphatic heterocycles. The molecular formula is C16H16BrClFNO. The van der Waals surface area contributed by atoms with Crippen LogP contribution in [0.3, 0.4) is 0 Å². The third-order valence-corrected chi connectivity index (χ3v) is 4.19. The van der Waals surface area contributed by atoms with E-state index < -0.39 is 0 Å². The molecule has 0 spiro atoms. The van der Waals surface area contributed by atoms with Crippen LogP contribution in [0.2, 0.25) is 5.02 Å². The first-order valence-electron chi connectivity index (χ1n) is 6.49. The van der Waals surface area contributed by atoms with Gasteiger partial charge in [-0.1, -0.05) is 17.7 Å². The van der Waals surface area contributed by atoms with Gasteiger partial charge >= 0.3 is 0 Å². The van der Waals surface area contributed by atoms with E-state index in [0.29, 0.717) is 17.0 Å². The minimum atomic E-state index is -0.258. The molecule has 0 saturated carbocycles. The maximum absolute atomic E-state index is 14.0. The Labute approximate surface area is 137 Å². The molecule has 0 saturated heterocycles. The topological polar surface area (TPSA) is 21.3 Å². The van der Waals surface area contributed by atoms with E-state index in [0.717, 1.165) is 15.8 Å². The number of hydrogen-bond donors (Lipinski definition) is 1. The van der Waals surface area contributed by atoms with Crippen LogP contribution in [0, 0.1) is 5.82 Å². The number of halogens is 3. The number of hydrogen-bond acceptors (Lipinski definition) is 2. The molecule has 112 valence electrons. The zero-order valence-electron chi connectivity index (χ0n) is 11.8. The lowest BCUT2D eigenvalue weighted by Crippen LogP contribution is -2.20. The molecule has 0 bridgehead atoms. The maximum Gasteiger partial charge on any atom is 0.133 e. The summed E-state index contributed by atoms with van der Waals surface area (Å²) in [5.41, 5.74) is 1.64. The van der Waals surface area contributed by atoms with E-state index in [4.69, 9.17) is 16.3 Å². The molecule has 2 aromatic rings. The third-order valence-electron chi connectivity index (χ3n) is 3.34. The van der Waals surface area contributed by atoms with Crippen LogP contribution in [0.4, 0.5) is 4.39 Å². The zero-order chi connectivity index (χ0) is 15.4. The molecular weight excluding hydrogens is 357 g/mol. The van der Waals surface area contributed by atoms with Crippen molar-refractivity contribution in [3.8, 4) is 5.75 Å². The fraction of sp³-hybridized carbons (Fsp3) is 0.250. The second kappa shape index (κ2) is 7.25. The Morgan fingerprint density at radius 2 is 2.05 bits per heavy atom. The first kappa shape index (κ1) is 16.3. The van der Waals surface area contributed by atoms with Crippen molar-refractivity contribution in [2.45, 2.75) is 12.5 Å². The predicted octanol–water partition coefficient (Wildman–Crippen LogP) is 4.75. The smallest absolute Gasteiger partial charge is 0.133 e. The molecule has 0 aliphatic carbocycles. The average Bonchev–Trinajstić information content (AvgIpc) is 2.47. The van der Waals surface area contributed by atoms with Crippen LogP contribution < -0.4 is 10.1 Å². The van der Waals surface area contributed by atoms with Crippen LogP contribution >= 0.6 is 27.5 Å². The zero-order valence-corrected chi connectivity index (χ0v) is 14.1. The molecule has 1 N–H and O–H groups in total. The fourth-order valence-corrected chi connectivity index (χ4v) is 2.99.